The summed E-state index contributed by atoms with van der Waals surface area (Å²) in [7, 11) is 0. The van der Waals surface area contributed by atoms with Gasteiger partial charge in [-0.05, 0) is 24.7 Å². The van der Waals surface area contributed by atoms with Gasteiger partial charge in [0.1, 0.15) is 0 Å². The van der Waals surface area contributed by atoms with Gasteiger partial charge in [0.15, 0.2) is 0 Å². The van der Waals surface area contributed by atoms with E-state index in [9.17, 15) is 0 Å². The van der Waals surface area contributed by atoms with Crippen molar-refractivity contribution in [3.8, 4) is 0 Å². The highest BCUT2D eigenvalue weighted by molar-refractivity contribution is 4.89. The minimum Gasteiger partial charge on any atom is -0.326 e. The van der Waals surface area contributed by atoms with Crippen molar-refractivity contribution in [1.82, 2.24) is 4.90 Å². The first-order valence-corrected chi connectivity index (χ1v) is 6.16. The Bertz CT molecular complexity index is 180. The zero-order valence-corrected chi connectivity index (χ0v) is 9.58. The van der Waals surface area contributed by atoms with E-state index in [-0.39, 0.29) is 0 Å². The Kier molecular flexibility index (Phi) is 3.13. The molecule has 1 heterocycles. The molecule has 1 aliphatic heterocycles. The fourth-order valence-corrected chi connectivity index (χ4v) is 3.06. The third-order valence-electron chi connectivity index (χ3n) is 4.12. The average Bonchev–Trinajstić information content (AvgIpc) is 2.47. The minimum atomic E-state index is 0.423. The normalized spacial score (nSPS) is 45.6. The van der Waals surface area contributed by atoms with E-state index in [0.717, 1.165) is 18.5 Å². The summed E-state index contributed by atoms with van der Waals surface area (Å²) >= 11 is 0. The monoisotopic (exact) mass is 196 g/mol. The van der Waals surface area contributed by atoms with Gasteiger partial charge in [0.25, 0.3) is 0 Å². The third-order valence-corrected chi connectivity index (χ3v) is 4.12. The number of hydrogen-bond acceptors (Lipinski definition) is 2. The SMILES string of the molecule is CC1CCCC(N2CC(C)C(N)C2)C1. The fourth-order valence-electron chi connectivity index (χ4n) is 3.06. The fraction of sp³-hybridized carbons (Fsp3) is 1.00. The topological polar surface area (TPSA) is 29.3 Å². The second kappa shape index (κ2) is 4.19. The highest BCUT2D eigenvalue weighted by atomic mass is 15.2. The Hall–Kier alpha value is -0.0800. The Morgan fingerprint density at radius 1 is 1.14 bits per heavy atom. The minimum absolute atomic E-state index is 0.423. The summed E-state index contributed by atoms with van der Waals surface area (Å²) in [6, 6.07) is 1.27. The third kappa shape index (κ3) is 2.12. The number of nitrogens with two attached hydrogens (primary N) is 1. The van der Waals surface area contributed by atoms with E-state index in [1.54, 1.807) is 0 Å². The first-order chi connectivity index (χ1) is 6.66. The van der Waals surface area contributed by atoms with Crippen LogP contribution in [0.25, 0.3) is 0 Å². The molecule has 2 heteroatoms. The second-order valence-corrected chi connectivity index (χ2v) is 5.52. The molecule has 0 bridgehead atoms. The van der Waals surface area contributed by atoms with E-state index in [0.29, 0.717) is 12.0 Å². The molecule has 0 aromatic carbocycles. The molecule has 4 atom stereocenters. The summed E-state index contributed by atoms with van der Waals surface area (Å²) in [6.45, 7) is 7.06. The van der Waals surface area contributed by atoms with E-state index in [1.807, 2.05) is 0 Å². The van der Waals surface area contributed by atoms with Gasteiger partial charge in [0.05, 0.1) is 0 Å². The average molecular weight is 196 g/mol. The van der Waals surface area contributed by atoms with Crippen molar-refractivity contribution in [1.29, 1.82) is 0 Å². The van der Waals surface area contributed by atoms with Crippen molar-refractivity contribution >= 4 is 0 Å². The van der Waals surface area contributed by atoms with Gasteiger partial charge in [-0.25, -0.2) is 0 Å². The van der Waals surface area contributed by atoms with Crippen molar-refractivity contribution in [3.05, 3.63) is 0 Å². The Labute approximate surface area is 87.8 Å². The standard InChI is InChI=1S/C12H24N2/c1-9-4-3-5-11(6-9)14-7-10(2)12(13)8-14/h9-12H,3-8,13H2,1-2H3. The van der Waals surface area contributed by atoms with Gasteiger partial charge in [0.2, 0.25) is 0 Å². The smallest absolute Gasteiger partial charge is 0.0206 e. The van der Waals surface area contributed by atoms with Gasteiger partial charge in [-0.3, -0.25) is 4.90 Å². The maximum atomic E-state index is 6.07. The summed E-state index contributed by atoms with van der Waals surface area (Å²) in [5.41, 5.74) is 6.07. The van der Waals surface area contributed by atoms with Gasteiger partial charge in [-0.15, -0.1) is 0 Å². The van der Waals surface area contributed by atoms with Crippen molar-refractivity contribution in [2.24, 2.45) is 17.6 Å². The molecular formula is C12H24N2. The maximum absolute atomic E-state index is 6.07. The molecule has 0 amide bonds. The Balaban J connectivity index is 1.89. The van der Waals surface area contributed by atoms with Crippen LogP contribution in [0.15, 0.2) is 0 Å². The van der Waals surface area contributed by atoms with Crippen molar-refractivity contribution < 1.29 is 0 Å². The number of likely N-dealkylation sites (tertiary alicyclic amines) is 1. The quantitative estimate of drug-likeness (QED) is 0.693. The zero-order chi connectivity index (χ0) is 10.1. The van der Waals surface area contributed by atoms with Crippen LogP contribution in [-0.4, -0.2) is 30.1 Å². The maximum Gasteiger partial charge on any atom is 0.0206 e. The van der Waals surface area contributed by atoms with E-state index in [4.69, 9.17) is 5.73 Å². The van der Waals surface area contributed by atoms with E-state index in [2.05, 4.69) is 18.7 Å². The molecule has 2 nitrogen and oxygen atoms in total. The lowest BCUT2D eigenvalue weighted by atomic mass is 9.86. The lowest BCUT2D eigenvalue weighted by Crippen LogP contribution is -2.38. The van der Waals surface area contributed by atoms with Gasteiger partial charge in [-0.2, -0.15) is 0 Å². The van der Waals surface area contributed by atoms with Crippen LogP contribution in [0.3, 0.4) is 0 Å². The Morgan fingerprint density at radius 2 is 1.93 bits per heavy atom. The van der Waals surface area contributed by atoms with Crippen LogP contribution in [-0.2, 0) is 0 Å². The second-order valence-electron chi connectivity index (χ2n) is 5.52. The van der Waals surface area contributed by atoms with Gasteiger partial charge in [-0.1, -0.05) is 26.7 Å². The molecule has 0 aromatic heterocycles. The summed E-state index contributed by atoms with van der Waals surface area (Å²) in [5, 5.41) is 0. The molecule has 0 spiro atoms. The molecule has 1 saturated heterocycles. The van der Waals surface area contributed by atoms with E-state index in [1.165, 1.54) is 32.2 Å². The lowest BCUT2D eigenvalue weighted by molar-refractivity contribution is 0.158. The van der Waals surface area contributed by atoms with Crippen molar-refractivity contribution in [2.45, 2.75) is 51.6 Å². The van der Waals surface area contributed by atoms with E-state index >= 15 is 0 Å². The number of nitrogens with zero attached hydrogens (tertiary/aromatic N) is 1. The molecule has 2 rings (SSSR count). The zero-order valence-electron chi connectivity index (χ0n) is 9.58. The highest BCUT2D eigenvalue weighted by Crippen LogP contribution is 2.30. The molecule has 1 saturated carbocycles. The van der Waals surface area contributed by atoms with Crippen molar-refractivity contribution in [3.63, 3.8) is 0 Å². The summed E-state index contributed by atoms with van der Waals surface area (Å²) < 4.78 is 0. The van der Waals surface area contributed by atoms with Crippen LogP contribution < -0.4 is 5.73 Å². The molecule has 1 aliphatic carbocycles. The number of hydrogen-bond donors (Lipinski definition) is 1. The predicted molar refractivity (Wildman–Crippen MR) is 60.1 cm³/mol. The van der Waals surface area contributed by atoms with Crippen LogP contribution in [0.4, 0.5) is 0 Å². The molecule has 82 valence electrons. The number of rotatable bonds is 1. The molecule has 14 heavy (non-hydrogen) atoms. The summed E-state index contributed by atoms with van der Waals surface area (Å²) in [4.78, 5) is 2.64. The summed E-state index contributed by atoms with van der Waals surface area (Å²) in [6.07, 6.45) is 5.67. The van der Waals surface area contributed by atoms with Gasteiger partial charge >= 0.3 is 0 Å². The molecule has 2 fully saturated rings. The first kappa shape index (κ1) is 10.4. The van der Waals surface area contributed by atoms with Crippen LogP contribution in [0, 0.1) is 11.8 Å². The largest absolute Gasteiger partial charge is 0.326 e. The van der Waals surface area contributed by atoms with E-state index < -0.39 is 0 Å². The van der Waals surface area contributed by atoms with Crippen LogP contribution in [0.2, 0.25) is 0 Å². The van der Waals surface area contributed by atoms with Crippen molar-refractivity contribution in [2.75, 3.05) is 13.1 Å². The predicted octanol–water partition coefficient (Wildman–Crippen LogP) is 1.84. The Morgan fingerprint density at radius 3 is 2.50 bits per heavy atom. The van der Waals surface area contributed by atoms with Crippen LogP contribution in [0.1, 0.15) is 39.5 Å². The molecular weight excluding hydrogens is 172 g/mol. The molecule has 2 aliphatic rings. The first-order valence-electron chi connectivity index (χ1n) is 6.16. The van der Waals surface area contributed by atoms with Gasteiger partial charge in [0, 0.05) is 25.2 Å². The molecule has 2 N–H and O–H groups in total. The van der Waals surface area contributed by atoms with Gasteiger partial charge < -0.3 is 5.73 Å². The summed E-state index contributed by atoms with van der Waals surface area (Å²) in [5.74, 6) is 1.63. The highest BCUT2D eigenvalue weighted by Gasteiger charge is 2.33. The molecule has 0 aromatic rings. The van der Waals surface area contributed by atoms with Crippen LogP contribution >= 0.6 is 0 Å². The lowest BCUT2D eigenvalue weighted by Gasteiger charge is -2.34. The molecule has 4 unspecified atom stereocenters. The molecule has 0 radical (unpaired) electrons. The van der Waals surface area contributed by atoms with Crippen LogP contribution in [0.5, 0.6) is 0 Å².